The number of aliphatic hydroxyl groups excluding tert-OH is 1. The molecule has 0 radical (unpaired) electrons. The van der Waals surface area contributed by atoms with Crippen molar-refractivity contribution in [2.45, 2.75) is 39.8 Å². The Morgan fingerprint density at radius 1 is 1.50 bits per heavy atom. The summed E-state index contributed by atoms with van der Waals surface area (Å²) in [5, 5.41) is 10.1. The Bertz CT molecular complexity index is 309. The third kappa shape index (κ3) is 3.06. The first-order chi connectivity index (χ1) is 7.60. The second kappa shape index (κ2) is 6.01. The minimum atomic E-state index is -0.405. The molecule has 0 saturated carbocycles. The van der Waals surface area contributed by atoms with Crippen molar-refractivity contribution in [1.82, 2.24) is 9.55 Å². The summed E-state index contributed by atoms with van der Waals surface area (Å²) in [7, 11) is 0. The van der Waals surface area contributed by atoms with Gasteiger partial charge in [0.05, 0.1) is 6.10 Å². The third-order valence-electron chi connectivity index (χ3n) is 3.16. The quantitative estimate of drug-likeness (QED) is 0.760. The fourth-order valence-corrected chi connectivity index (χ4v) is 2.03. The number of aryl methyl sites for hydroxylation is 1. The van der Waals surface area contributed by atoms with Crippen LogP contribution in [0.25, 0.3) is 0 Å². The van der Waals surface area contributed by atoms with Crippen LogP contribution in [-0.4, -0.2) is 27.3 Å². The largest absolute Gasteiger partial charge is 0.392 e. The summed E-state index contributed by atoms with van der Waals surface area (Å²) >= 11 is 0. The van der Waals surface area contributed by atoms with Gasteiger partial charge in [0.1, 0.15) is 5.82 Å². The molecule has 0 aliphatic heterocycles. The number of imidazole rings is 1. The van der Waals surface area contributed by atoms with Crippen LogP contribution < -0.4 is 5.73 Å². The van der Waals surface area contributed by atoms with Crippen molar-refractivity contribution < 1.29 is 5.11 Å². The Morgan fingerprint density at radius 2 is 2.19 bits per heavy atom. The maximum absolute atomic E-state index is 10.1. The van der Waals surface area contributed by atoms with Gasteiger partial charge >= 0.3 is 0 Å². The molecule has 16 heavy (non-hydrogen) atoms. The molecule has 0 amide bonds. The molecular weight excluding hydrogens is 202 g/mol. The summed E-state index contributed by atoms with van der Waals surface area (Å²) in [4.78, 5) is 4.27. The Labute approximate surface area is 97.5 Å². The lowest BCUT2D eigenvalue weighted by Crippen LogP contribution is -2.34. The molecule has 0 aliphatic carbocycles. The highest BCUT2D eigenvalue weighted by Crippen LogP contribution is 2.17. The summed E-state index contributed by atoms with van der Waals surface area (Å²) < 4.78 is 2.05. The molecule has 0 aliphatic rings. The number of aromatic nitrogens is 2. The molecule has 4 heteroatoms. The minimum absolute atomic E-state index is 0.141. The van der Waals surface area contributed by atoms with Gasteiger partial charge in [-0.3, -0.25) is 0 Å². The van der Waals surface area contributed by atoms with Crippen molar-refractivity contribution >= 4 is 0 Å². The lowest BCUT2D eigenvalue weighted by Gasteiger charge is -2.24. The first kappa shape index (κ1) is 13.2. The van der Waals surface area contributed by atoms with Gasteiger partial charge in [0.25, 0.3) is 0 Å². The molecule has 0 bridgehead atoms. The molecule has 0 spiro atoms. The third-order valence-corrected chi connectivity index (χ3v) is 3.16. The molecule has 0 saturated heterocycles. The molecular formula is C12H23N3O. The monoisotopic (exact) mass is 225 g/mol. The van der Waals surface area contributed by atoms with Crippen LogP contribution in [-0.2, 0) is 13.0 Å². The zero-order valence-corrected chi connectivity index (χ0v) is 10.4. The molecule has 3 N–H and O–H groups in total. The van der Waals surface area contributed by atoms with Gasteiger partial charge in [0.2, 0.25) is 0 Å². The van der Waals surface area contributed by atoms with Gasteiger partial charge in [0.15, 0.2) is 0 Å². The average Bonchev–Trinajstić information content (AvgIpc) is 2.65. The standard InChI is InChI=1S/C12H23N3O/c1-4-15-6-5-14-12(15)7-11(16)10(8-13)9(2)3/h5-6,9-11,16H,4,7-8,13H2,1-3H3. The molecule has 1 rings (SSSR count). The van der Waals surface area contributed by atoms with E-state index in [9.17, 15) is 5.11 Å². The topological polar surface area (TPSA) is 64.1 Å². The maximum atomic E-state index is 10.1. The van der Waals surface area contributed by atoms with E-state index in [4.69, 9.17) is 5.73 Å². The summed E-state index contributed by atoms with van der Waals surface area (Å²) in [6, 6.07) is 0. The SMILES string of the molecule is CCn1ccnc1CC(O)C(CN)C(C)C. The van der Waals surface area contributed by atoms with Gasteiger partial charge in [-0.2, -0.15) is 0 Å². The molecule has 2 atom stereocenters. The van der Waals surface area contributed by atoms with Crippen LogP contribution in [0.1, 0.15) is 26.6 Å². The van der Waals surface area contributed by atoms with Crippen molar-refractivity contribution in [3.05, 3.63) is 18.2 Å². The van der Waals surface area contributed by atoms with Gasteiger partial charge < -0.3 is 15.4 Å². The summed E-state index contributed by atoms with van der Waals surface area (Å²) in [5.74, 6) is 1.47. The van der Waals surface area contributed by atoms with Crippen LogP contribution in [0.5, 0.6) is 0 Å². The lowest BCUT2D eigenvalue weighted by atomic mass is 9.88. The summed E-state index contributed by atoms with van der Waals surface area (Å²) in [6.45, 7) is 7.66. The van der Waals surface area contributed by atoms with E-state index in [1.165, 1.54) is 0 Å². The molecule has 1 aromatic rings. The van der Waals surface area contributed by atoms with Crippen LogP contribution in [0.15, 0.2) is 12.4 Å². The summed E-state index contributed by atoms with van der Waals surface area (Å²) in [5.41, 5.74) is 5.69. The van der Waals surface area contributed by atoms with Crippen molar-refractivity contribution in [3.63, 3.8) is 0 Å². The molecule has 92 valence electrons. The van der Waals surface area contributed by atoms with E-state index in [0.717, 1.165) is 12.4 Å². The highest BCUT2D eigenvalue weighted by atomic mass is 16.3. The normalized spacial score (nSPS) is 15.4. The highest BCUT2D eigenvalue weighted by molar-refractivity contribution is 4.95. The second-order valence-corrected chi connectivity index (χ2v) is 4.54. The van der Waals surface area contributed by atoms with Crippen molar-refractivity contribution in [1.29, 1.82) is 0 Å². The molecule has 2 unspecified atom stereocenters. The molecule has 0 fully saturated rings. The molecule has 1 heterocycles. The van der Waals surface area contributed by atoms with Gasteiger partial charge in [-0.1, -0.05) is 13.8 Å². The molecule has 4 nitrogen and oxygen atoms in total. The fraction of sp³-hybridized carbons (Fsp3) is 0.750. The Morgan fingerprint density at radius 3 is 2.69 bits per heavy atom. The fourth-order valence-electron chi connectivity index (χ4n) is 2.03. The van der Waals surface area contributed by atoms with E-state index in [1.54, 1.807) is 6.20 Å². The van der Waals surface area contributed by atoms with Crippen LogP contribution in [0.4, 0.5) is 0 Å². The number of hydrogen-bond acceptors (Lipinski definition) is 3. The van der Waals surface area contributed by atoms with Crippen LogP contribution in [0.3, 0.4) is 0 Å². The van der Waals surface area contributed by atoms with E-state index in [0.29, 0.717) is 18.9 Å². The average molecular weight is 225 g/mol. The zero-order valence-electron chi connectivity index (χ0n) is 10.4. The van der Waals surface area contributed by atoms with Gasteiger partial charge in [-0.25, -0.2) is 4.98 Å². The Hall–Kier alpha value is -0.870. The number of nitrogens with zero attached hydrogens (tertiary/aromatic N) is 2. The first-order valence-electron chi connectivity index (χ1n) is 5.98. The van der Waals surface area contributed by atoms with Gasteiger partial charge in [0, 0.05) is 25.4 Å². The van der Waals surface area contributed by atoms with E-state index < -0.39 is 6.10 Å². The van der Waals surface area contributed by atoms with Crippen molar-refractivity contribution in [2.24, 2.45) is 17.6 Å². The molecule has 0 aromatic carbocycles. The number of nitrogens with two attached hydrogens (primary N) is 1. The maximum Gasteiger partial charge on any atom is 0.111 e. The predicted octanol–water partition coefficient (Wildman–Crippen LogP) is 1.04. The van der Waals surface area contributed by atoms with Crippen molar-refractivity contribution in [2.75, 3.05) is 6.54 Å². The van der Waals surface area contributed by atoms with E-state index in [-0.39, 0.29) is 5.92 Å². The van der Waals surface area contributed by atoms with Crippen molar-refractivity contribution in [3.8, 4) is 0 Å². The minimum Gasteiger partial charge on any atom is -0.392 e. The second-order valence-electron chi connectivity index (χ2n) is 4.54. The Kier molecular flexibility index (Phi) is 4.96. The van der Waals surface area contributed by atoms with Crippen LogP contribution in [0.2, 0.25) is 0 Å². The Balaban J connectivity index is 2.66. The number of rotatable bonds is 6. The first-order valence-corrected chi connectivity index (χ1v) is 5.98. The van der Waals surface area contributed by atoms with E-state index in [1.807, 2.05) is 6.20 Å². The predicted molar refractivity (Wildman–Crippen MR) is 65.0 cm³/mol. The van der Waals surface area contributed by atoms with Gasteiger partial charge in [-0.15, -0.1) is 0 Å². The zero-order chi connectivity index (χ0) is 12.1. The van der Waals surface area contributed by atoms with Crippen LogP contribution >= 0.6 is 0 Å². The van der Waals surface area contributed by atoms with E-state index in [2.05, 4.69) is 30.3 Å². The lowest BCUT2D eigenvalue weighted by molar-refractivity contribution is 0.0838. The highest BCUT2D eigenvalue weighted by Gasteiger charge is 2.22. The smallest absolute Gasteiger partial charge is 0.111 e. The van der Waals surface area contributed by atoms with Crippen LogP contribution in [0, 0.1) is 11.8 Å². The number of hydrogen-bond donors (Lipinski definition) is 2. The van der Waals surface area contributed by atoms with E-state index >= 15 is 0 Å². The van der Waals surface area contributed by atoms with Gasteiger partial charge in [-0.05, 0) is 25.3 Å². The molecule has 1 aromatic heterocycles. The summed E-state index contributed by atoms with van der Waals surface area (Å²) in [6.07, 6.45) is 3.89. The number of aliphatic hydroxyl groups is 1.